The summed E-state index contributed by atoms with van der Waals surface area (Å²) in [6.07, 6.45) is 10.2. The molecule has 1 aliphatic carbocycles. The summed E-state index contributed by atoms with van der Waals surface area (Å²) in [4.78, 5) is 8.97. The smallest absolute Gasteiger partial charge is 0.126 e. The zero-order valence-corrected chi connectivity index (χ0v) is 15.6. The van der Waals surface area contributed by atoms with Crippen molar-refractivity contribution in [3.05, 3.63) is 72.6 Å². The minimum absolute atomic E-state index is 0.557. The molecule has 0 unspecified atom stereocenters. The number of anilines is 2. The van der Waals surface area contributed by atoms with Crippen molar-refractivity contribution >= 4 is 11.6 Å². The third-order valence-electron chi connectivity index (χ3n) is 5.13. The number of pyridine rings is 2. The molecule has 4 nitrogen and oxygen atoms in total. The lowest BCUT2D eigenvalue weighted by atomic mass is 9.95. The maximum atomic E-state index is 4.52. The number of rotatable bonds is 6. The number of nitrogens with zero attached hydrogens (tertiary/aromatic N) is 2. The number of hydrogen-bond donors (Lipinski definition) is 2. The predicted molar refractivity (Wildman–Crippen MR) is 112 cm³/mol. The molecule has 1 fully saturated rings. The van der Waals surface area contributed by atoms with E-state index in [0.717, 1.165) is 29.3 Å². The highest BCUT2D eigenvalue weighted by Crippen LogP contribution is 2.25. The number of hydrogen-bond acceptors (Lipinski definition) is 4. The van der Waals surface area contributed by atoms with Crippen molar-refractivity contribution < 1.29 is 0 Å². The van der Waals surface area contributed by atoms with Crippen LogP contribution in [0.3, 0.4) is 0 Å². The summed E-state index contributed by atoms with van der Waals surface area (Å²) in [6.45, 7) is 0.766. The fourth-order valence-electron chi connectivity index (χ4n) is 3.64. The average molecular weight is 358 g/mol. The van der Waals surface area contributed by atoms with Crippen LogP contribution in [0.15, 0.2) is 67.0 Å². The van der Waals surface area contributed by atoms with Gasteiger partial charge in [0.15, 0.2) is 0 Å². The van der Waals surface area contributed by atoms with Gasteiger partial charge in [0.25, 0.3) is 0 Å². The molecule has 0 amide bonds. The first kappa shape index (κ1) is 17.5. The lowest BCUT2D eigenvalue weighted by Gasteiger charge is -2.23. The molecule has 138 valence electrons. The molecule has 4 heteroatoms. The van der Waals surface area contributed by atoms with Gasteiger partial charge < -0.3 is 10.6 Å². The monoisotopic (exact) mass is 358 g/mol. The van der Waals surface area contributed by atoms with E-state index in [2.05, 4.69) is 63.1 Å². The van der Waals surface area contributed by atoms with Crippen LogP contribution in [0.4, 0.5) is 11.6 Å². The zero-order valence-electron chi connectivity index (χ0n) is 15.6. The van der Waals surface area contributed by atoms with Crippen molar-refractivity contribution in [2.75, 3.05) is 10.6 Å². The van der Waals surface area contributed by atoms with Crippen LogP contribution in [0.5, 0.6) is 0 Å². The first-order valence-corrected chi connectivity index (χ1v) is 9.84. The number of nitrogens with one attached hydrogen (secondary N) is 2. The summed E-state index contributed by atoms with van der Waals surface area (Å²) in [5.74, 6) is 1.85. The highest BCUT2D eigenvalue weighted by Gasteiger charge is 2.13. The van der Waals surface area contributed by atoms with Crippen molar-refractivity contribution in [1.29, 1.82) is 0 Å². The Morgan fingerprint density at radius 1 is 0.778 bits per heavy atom. The fourth-order valence-corrected chi connectivity index (χ4v) is 3.64. The second-order valence-electron chi connectivity index (χ2n) is 7.18. The topological polar surface area (TPSA) is 49.8 Å². The Morgan fingerprint density at radius 2 is 1.44 bits per heavy atom. The van der Waals surface area contributed by atoms with E-state index in [9.17, 15) is 0 Å². The molecule has 4 rings (SSSR count). The highest BCUT2D eigenvalue weighted by molar-refractivity contribution is 5.68. The van der Waals surface area contributed by atoms with Gasteiger partial charge in [-0.1, -0.05) is 49.6 Å². The van der Waals surface area contributed by atoms with Crippen LogP contribution in [-0.4, -0.2) is 16.0 Å². The quantitative estimate of drug-likeness (QED) is 0.611. The Kier molecular flexibility index (Phi) is 5.63. The normalized spacial score (nSPS) is 14.7. The maximum Gasteiger partial charge on any atom is 0.126 e. The van der Waals surface area contributed by atoms with Gasteiger partial charge in [0, 0.05) is 25.0 Å². The van der Waals surface area contributed by atoms with Gasteiger partial charge in [-0.3, -0.25) is 0 Å². The summed E-state index contributed by atoms with van der Waals surface area (Å²) < 4.78 is 0. The van der Waals surface area contributed by atoms with Gasteiger partial charge >= 0.3 is 0 Å². The van der Waals surface area contributed by atoms with Gasteiger partial charge in [-0.15, -0.1) is 0 Å². The zero-order chi connectivity index (χ0) is 18.3. The van der Waals surface area contributed by atoms with Crippen LogP contribution in [0.2, 0.25) is 0 Å². The first-order valence-electron chi connectivity index (χ1n) is 9.84. The van der Waals surface area contributed by atoms with E-state index in [1.165, 1.54) is 37.7 Å². The summed E-state index contributed by atoms with van der Waals surface area (Å²) >= 11 is 0. The van der Waals surface area contributed by atoms with Crippen LogP contribution in [-0.2, 0) is 6.54 Å². The molecule has 3 aromatic rings. The molecular weight excluding hydrogens is 332 g/mol. The van der Waals surface area contributed by atoms with E-state index in [4.69, 9.17) is 0 Å². The van der Waals surface area contributed by atoms with Crippen molar-refractivity contribution in [2.24, 2.45) is 0 Å². The molecule has 0 aliphatic heterocycles. The Hall–Kier alpha value is -2.88. The van der Waals surface area contributed by atoms with Crippen LogP contribution in [0.1, 0.15) is 37.7 Å². The van der Waals surface area contributed by atoms with Gasteiger partial charge in [0.1, 0.15) is 11.6 Å². The Morgan fingerprint density at radius 3 is 2.19 bits per heavy atom. The van der Waals surface area contributed by atoms with E-state index in [0.29, 0.717) is 6.04 Å². The molecule has 0 saturated heterocycles. The van der Waals surface area contributed by atoms with Crippen molar-refractivity contribution in [3.8, 4) is 11.1 Å². The lowest BCUT2D eigenvalue weighted by Crippen LogP contribution is -2.22. The maximum absolute atomic E-state index is 4.52. The largest absolute Gasteiger partial charge is 0.367 e. The molecule has 27 heavy (non-hydrogen) atoms. The molecule has 1 aromatic carbocycles. The summed E-state index contributed by atoms with van der Waals surface area (Å²) in [6, 6.07) is 19.3. The van der Waals surface area contributed by atoms with Crippen molar-refractivity contribution in [3.63, 3.8) is 0 Å². The molecular formula is C23H26N4. The van der Waals surface area contributed by atoms with E-state index >= 15 is 0 Å². The average Bonchev–Trinajstić information content (AvgIpc) is 2.74. The molecule has 0 spiro atoms. The van der Waals surface area contributed by atoms with Gasteiger partial charge in [-0.25, -0.2) is 9.97 Å². The lowest BCUT2D eigenvalue weighted by molar-refractivity contribution is 0.462. The van der Waals surface area contributed by atoms with Gasteiger partial charge in [0.2, 0.25) is 0 Å². The number of benzene rings is 1. The second-order valence-corrected chi connectivity index (χ2v) is 7.18. The Labute approximate surface area is 161 Å². The fraction of sp³-hybridized carbons (Fsp3) is 0.304. The van der Waals surface area contributed by atoms with Gasteiger partial charge in [-0.05, 0) is 53.8 Å². The highest BCUT2D eigenvalue weighted by atomic mass is 15.0. The Balaban J connectivity index is 1.45. The minimum atomic E-state index is 0.557. The molecule has 0 bridgehead atoms. The molecule has 1 aliphatic rings. The second kappa shape index (κ2) is 8.67. The van der Waals surface area contributed by atoms with E-state index < -0.39 is 0 Å². The first-order chi connectivity index (χ1) is 13.4. The van der Waals surface area contributed by atoms with Crippen LogP contribution in [0.25, 0.3) is 11.1 Å². The van der Waals surface area contributed by atoms with Crippen LogP contribution >= 0.6 is 0 Å². The third kappa shape index (κ3) is 4.85. The molecule has 0 atom stereocenters. The van der Waals surface area contributed by atoms with E-state index in [1.807, 2.05) is 24.5 Å². The van der Waals surface area contributed by atoms with Gasteiger partial charge in [-0.2, -0.15) is 0 Å². The summed E-state index contributed by atoms with van der Waals surface area (Å²) in [5, 5.41) is 7.02. The molecule has 1 saturated carbocycles. The minimum Gasteiger partial charge on any atom is -0.367 e. The van der Waals surface area contributed by atoms with Gasteiger partial charge in [0.05, 0.1) is 0 Å². The van der Waals surface area contributed by atoms with E-state index in [1.54, 1.807) is 0 Å². The van der Waals surface area contributed by atoms with Crippen molar-refractivity contribution in [2.45, 2.75) is 44.7 Å². The van der Waals surface area contributed by atoms with Crippen LogP contribution in [0, 0.1) is 0 Å². The van der Waals surface area contributed by atoms with E-state index in [-0.39, 0.29) is 0 Å². The molecule has 0 radical (unpaired) electrons. The van der Waals surface area contributed by atoms with Crippen LogP contribution < -0.4 is 10.6 Å². The molecule has 2 N–H and O–H groups in total. The number of aromatic nitrogens is 2. The molecule has 2 heterocycles. The predicted octanol–water partition coefficient (Wildman–Crippen LogP) is 5.50. The Bertz CT molecular complexity index is 857. The van der Waals surface area contributed by atoms with Crippen molar-refractivity contribution in [1.82, 2.24) is 9.97 Å². The standard InChI is InChI=1S/C23H26N4/c1-3-7-18(8-4-1)17-26-22-15-19(11-13-24-22)20-12-14-25-23(16-20)27-21-9-5-2-6-10-21/h1,3-4,7-8,11-16,21H,2,5-6,9-10,17H2,(H,24,26)(H,25,27). The summed E-state index contributed by atoms with van der Waals surface area (Å²) in [7, 11) is 0. The molecule has 2 aromatic heterocycles. The SMILES string of the molecule is c1ccc(CNc2cc(-c3ccnc(NC4CCCCC4)c3)ccn2)cc1. The summed E-state index contributed by atoms with van der Waals surface area (Å²) in [5.41, 5.74) is 3.55. The third-order valence-corrected chi connectivity index (χ3v) is 5.13.